The third-order valence-electron chi connectivity index (χ3n) is 1.36. The molecule has 0 aromatic rings. The van der Waals surface area contributed by atoms with Gasteiger partial charge < -0.3 is 0 Å². The lowest BCUT2D eigenvalue weighted by Gasteiger charge is -2.10. The minimum absolute atomic E-state index is 0.161. The lowest BCUT2D eigenvalue weighted by atomic mass is 10.4. The Morgan fingerprint density at radius 2 is 1.67 bits per heavy atom. The zero-order valence-electron chi connectivity index (χ0n) is 8.94. The molecule has 0 fully saturated rings. The van der Waals surface area contributed by atoms with Crippen molar-refractivity contribution in [3.05, 3.63) is 0 Å². The zero-order chi connectivity index (χ0) is 12.1. The average molecular weight is 259 g/mol. The molecule has 0 aliphatic rings. The molecule has 9 heteroatoms. The lowest BCUT2D eigenvalue weighted by Crippen LogP contribution is -2.42. The Kier molecular flexibility index (Phi) is 5.67. The third-order valence-corrected chi connectivity index (χ3v) is 4.09. The first-order chi connectivity index (χ1) is 6.68. The topological polar surface area (TPSA) is 104 Å². The third kappa shape index (κ3) is 7.68. The molecule has 15 heavy (non-hydrogen) atoms. The van der Waals surface area contributed by atoms with E-state index < -0.39 is 20.2 Å². The van der Waals surface area contributed by atoms with E-state index in [1.165, 1.54) is 7.05 Å². The summed E-state index contributed by atoms with van der Waals surface area (Å²) in [5, 5.41) is 0. The van der Waals surface area contributed by atoms with Crippen LogP contribution in [0.15, 0.2) is 0 Å². The Labute approximate surface area is 90.9 Å². The lowest BCUT2D eigenvalue weighted by molar-refractivity contribution is 0.556. The summed E-state index contributed by atoms with van der Waals surface area (Å²) in [6.07, 6.45) is 0. The van der Waals surface area contributed by atoms with Crippen LogP contribution in [0.2, 0.25) is 0 Å². The predicted octanol–water partition coefficient (Wildman–Crippen LogP) is -1.63. The average Bonchev–Trinajstić information content (AvgIpc) is 2.00. The zero-order valence-corrected chi connectivity index (χ0v) is 10.6. The number of hydrogen-bond donors (Lipinski definition) is 3. The van der Waals surface area contributed by atoms with Crippen LogP contribution in [0.25, 0.3) is 0 Å². The molecule has 0 rings (SSSR count). The number of sulfonamides is 1. The van der Waals surface area contributed by atoms with Gasteiger partial charge in [-0.1, -0.05) is 0 Å². The van der Waals surface area contributed by atoms with Gasteiger partial charge in [-0.3, -0.25) is 0 Å². The van der Waals surface area contributed by atoms with Gasteiger partial charge in [0.25, 0.3) is 10.2 Å². The highest BCUT2D eigenvalue weighted by atomic mass is 32.2. The van der Waals surface area contributed by atoms with Gasteiger partial charge in [0.1, 0.15) is 0 Å². The molecule has 0 unspecified atom stereocenters. The van der Waals surface area contributed by atoms with E-state index in [0.29, 0.717) is 0 Å². The summed E-state index contributed by atoms with van der Waals surface area (Å²) < 4.78 is 50.7. The van der Waals surface area contributed by atoms with Crippen molar-refractivity contribution in [2.75, 3.05) is 19.3 Å². The smallest absolute Gasteiger partial charge is 0.218 e. The van der Waals surface area contributed by atoms with Crippen molar-refractivity contribution in [3.8, 4) is 0 Å². The van der Waals surface area contributed by atoms with Crippen LogP contribution in [0.3, 0.4) is 0 Å². The minimum atomic E-state index is -3.60. The molecule has 0 aromatic carbocycles. The fourth-order valence-electron chi connectivity index (χ4n) is 0.764. The van der Waals surface area contributed by atoms with E-state index in [9.17, 15) is 16.8 Å². The molecule has 0 saturated carbocycles. The van der Waals surface area contributed by atoms with E-state index in [1.807, 2.05) is 0 Å². The van der Waals surface area contributed by atoms with Crippen LogP contribution in [-0.2, 0) is 20.2 Å². The van der Waals surface area contributed by atoms with Crippen LogP contribution >= 0.6 is 0 Å². The van der Waals surface area contributed by atoms with Crippen LogP contribution in [0.4, 0.5) is 0 Å². The van der Waals surface area contributed by atoms with Gasteiger partial charge >= 0.3 is 0 Å². The van der Waals surface area contributed by atoms with Gasteiger partial charge in [0, 0.05) is 12.6 Å². The van der Waals surface area contributed by atoms with E-state index in [1.54, 1.807) is 13.8 Å². The molecule has 0 heterocycles. The second-order valence-corrected chi connectivity index (χ2v) is 6.77. The Morgan fingerprint density at radius 1 is 1.13 bits per heavy atom. The molecule has 0 aliphatic heterocycles. The van der Waals surface area contributed by atoms with E-state index >= 15 is 0 Å². The number of rotatable bonds is 7. The van der Waals surface area contributed by atoms with E-state index in [0.717, 1.165) is 0 Å². The quantitative estimate of drug-likeness (QED) is 0.510. The molecule has 0 amide bonds. The SMILES string of the molecule is CNS(=O)(=O)CCNS(=O)(=O)NC(C)C. The normalized spacial score (nSPS) is 13.3. The summed E-state index contributed by atoms with van der Waals surface area (Å²) in [5.74, 6) is -0.289. The van der Waals surface area contributed by atoms with Gasteiger partial charge in [-0.25, -0.2) is 17.9 Å². The maximum atomic E-state index is 11.2. The van der Waals surface area contributed by atoms with Crippen LogP contribution in [0.5, 0.6) is 0 Å². The first-order valence-electron chi connectivity index (χ1n) is 4.36. The second-order valence-electron chi connectivity index (χ2n) is 3.19. The molecule has 0 spiro atoms. The van der Waals surface area contributed by atoms with Crippen LogP contribution < -0.4 is 14.2 Å². The van der Waals surface area contributed by atoms with Crippen molar-refractivity contribution in [1.82, 2.24) is 14.2 Å². The molecule has 0 aromatic heterocycles. The fourth-order valence-corrected chi connectivity index (χ4v) is 2.54. The molecule has 7 nitrogen and oxygen atoms in total. The second kappa shape index (κ2) is 5.75. The summed E-state index contributed by atoms with van der Waals surface area (Å²) in [6.45, 7) is 3.18. The van der Waals surface area contributed by atoms with Gasteiger partial charge in [0.15, 0.2) is 0 Å². The number of hydrogen-bond acceptors (Lipinski definition) is 4. The highest BCUT2D eigenvalue weighted by molar-refractivity contribution is 7.89. The Balaban J connectivity index is 4.08. The monoisotopic (exact) mass is 259 g/mol. The number of nitrogens with one attached hydrogen (secondary N) is 3. The first-order valence-corrected chi connectivity index (χ1v) is 7.50. The molecule has 0 atom stereocenters. The molecule has 0 aliphatic carbocycles. The van der Waals surface area contributed by atoms with E-state index in [2.05, 4.69) is 14.2 Å². The minimum Gasteiger partial charge on any atom is -0.218 e. The summed E-state index contributed by atoms with van der Waals surface area (Å²) in [6, 6.07) is -0.233. The van der Waals surface area contributed by atoms with Gasteiger partial charge in [0.05, 0.1) is 5.75 Å². The molecular weight excluding hydrogens is 242 g/mol. The Hall–Kier alpha value is -0.220. The van der Waals surface area contributed by atoms with Crippen molar-refractivity contribution in [1.29, 1.82) is 0 Å². The molecule has 3 N–H and O–H groups in total. The summed E-state index contributed by atoms with van der Waals surface area (Å²) in [7, 11) is -5.70. The maximum Gasteiger partial charge on any atom is 0.277 e. The summed E-state index contributed by atoms with van der Waals surface area (Å²) in [4.78, 5) is 0. The fraction of sp³-hybridized carbons (Fsp3) is 1.00. The van der Waals surface area contributed by atoms with Crippen LogP contribution in [0, 0.1) is 0 Å². The van der Waals surface area contributed by atoms with Gasteiger partial charge in [-0.15, -0.1) is 0 Å². The summed E-state index contributed by atoms with van der Waals surface area (Å²) >= 11 is 0. The van der Waals surface area contributed by atoms with Gasteiger partial charge in [-0.05, 0) is 20.9 Å². The maximum absolute atomic E-state index is 11.2. The van der Waals surface area contributed by atoms with Crippen LogP contribution in [-0.4, -0.2) is 42.2 Å². The van der Waals surface area contributed by atoms with Crippen molar-refractivity contribution >= 4 is 20.2 Å². The standard InChI is InChI=1S/C6H17N3O4S2/c1-6(2)9-15(12,13)8-4-5-14(10,11)7-3/h6-9H,4-5H2,1-3H3. The van der Waals surface area contributed by atoms with Crippen molar-refractivity contribution in [2.45, 2.75) is 19.9 Å². The Morgan fingerprint density at radius 3 is 2.07 bits per heavy atom. The van der Waals surface area contributed by atoms with Crippen molar-refractivity contribution < 1.29 is 16.8 Å². The highest BCUT2D eigenvalue weighted by Gasteiger charge is 2.13. The van der Waals surface area contributed by atoms with Crippen molar-refractivity contribution in [2.24, 2.45) is 0 Å². The molecule has 0 bridgehead atoms. The Bertz CT molecular complexity index is 373. The van der Waals surface area contributed by atoms with Crippen molar-refractivity contribution in [3.63, 3.8) is 0 Å². The first kappa shape index (κ1) is 14.8. The van der Waals surface area contributed by atoms with Gasteiger partial charge in [-0.2, -0.15) is 13.1 Å². The molecule has 92 valence electrons. The molecule has 0 radical (unpaired) electrons. The van der Waals surface area contributed by atoms with E-state index in [-0.39, 0.29) is 18.3 Å². The van der Waals surface area contributed by atoms with Gasteiger partial charge in [0.2, 0.25) is 10.0 Å². The summed E-state index contributed by atoms with van der Waals surface area (Å²) in [5.41, 5.74) is 0. The van der Waals surface area contributed by atoms with Crippen LogP contribution in [0.1, 0.15) is 13.8 Å². The van der Waals surface area contributed by atoms with E-state index in [4.69, 9.17) is 0 Å². The molecule has 0 saturated heterocycles. The predicted molar refractivity (Wildman–Crippen MR) is 58.0 cm³/mol. The largest absolute Gasteiger partial charge is 0.277 e. The highest BCUT2D eigenvalue weighted by Crippen LogP contribution is 1.85. The molecular formula is C6H17N3O4S2.